The van der Waals surface area contributed by atoms with E-state index in [1.807, 2.05) is 54.6 Å². The number of rotatable bonds is 7. The average molecular weight is 446 g/mol. The van der Waals surface area contributed by atoms with Crippen molar-refractivity contribution in [2.45, 2.75) is 13.2 Å². The highest BCUT2D eigenvalue weighted by molar-refractivity contribution is 6.32. The zero-order valence-electron chi connectivity index (χ0n) is 16.4. The summed E-state index contributed by atoms with van der Waals surface area (Å²) in [6.07, 6.45) is 0. The fraction of sp³-hybridized carbons (Fsp3) is 0.217. The van der Waals surface area contributed by atoms with Gasteiger partial charge < -0.3 is 24.3 Å². The zero-order chi connectivity index (χ0) is 20.9. The quantitative estimate of drug-likeness (QED) is 0.485. The van der Waals surface area contributed by atoms with E-state index in [1.165, 1.54) is 0 Å². The highest BCUT2D eigenvalue weighted by atomic mass is 35.5. The molecule has 0 radical (unpaired) electrons. The Balaban J connectivity index is 1.45. The lowest BCUT2D eigenvalue weighted by Gasteiger charge is -2.19. The first-order valence-corrected chi connectivity index (χ1v) is 10.2. The molecule has 7 heteroatoms. The second kappa shape index (κ2) is 9.37. The lowest BCUT2D eigenvalue weighted by Crippen LogP contribution is -2.15. The second-order valence-electron chi connectivity index (χ2n) is 6.74. The van der Waals surface area contributed by atoms with Gasteiger partial charge in [-0.25, -0.2) is 0 Å². The van der Waals surface area contributed by atoms with Crippen LogP contribution in [-0.2, 0) is 13.2 Å². The van der Waals surface area contributed by atoms with E-state index >= 15 is 0 Å². The van der Waals surface area contributed by atoms with Gasteiger partial charge in [0.2, 0.25) is 0 Å². The van der Waals surface area contributed by atoms with E-state index in [0.29, 0.717) is 47.9 Å². The van der Waals surface area contributed by atoms with Crippen molar-refractivity contribution in [2.24, 2.45) is 0 Å². The largest absolute Gasteiger partial charge is 0.493 e. The molecule has 1 N–H and O–H groups in total. The Labute approximate surface area is 185 Å². The van der Waals surface area contributed by atoms with Gasteiger partial charge in [-0.3, -0.25) is 0 Å². The number of hydrogen-bond acceptors (Lipinski definition) is 5. The Morgan fingerprint density at radius 3 is 2.57 bits per heavy atom. The molecule has 0 spiro atoms. The molecule has 1 heterocycles. The third-order valence-corrected chi connectivity index (χ3v) is 5.12. The Hall–Kier alpha value is -2.76. The van der Waals surface area contributed by atoms with Crippen molar-refractivity contribution in [1.82, 2.24) is 0 Å². The van der Waals surface area contributed by atoms with Gasteiger partial charge in [-0.05, 0) is 47.5 Å². The van der Waals surface area contributed by atoms with Gasteiger partial charge in [-0.1, -0.05) is 35.3 Å². The number of nitrogens with one attached hydrogen (secondary N) is 1. The third kappa shape index (κ3) is 4.86. The minimum atomic E-state index is 0.339. The van der Waals surface area contributed by atoms with Gasteiger partial charge in [0.25, 0.3) is 0 Å². The lowest BCUT2D eigenvalue weighted by molar-refractivity contribution is 0.171. The predicted molar refractivity (Wildman–Crippen MR) is 119 cm³/mol. The molecule has 0 amide bonds. The van der Waals surface area contributed by atoms with Crippen molar-refractivity contribution >= 4 is 28.9 Å². The number of ether oxygens (including phenoxy) is 4. The summed E-state index contributed by atoms with van der Waals surface area (Å²) in [4.78, 5) is 0. The highest BCUT2D eigenvalue weighted by Crippen LogP contribution is 2.38. The first-order chi connectivity index (χ1) is 14.6. The van der Waals surface area contributed by atoms with Crippen LogP contribution in [0.2, 0.25) is 10.0 Å². The zero-order valence-corrected chi connectivity index (χ0v) is 17.9. The molecule has 0 saturated heterocycles. The van der Waals surface area contributed by atoms with Crippen LogP contribution in [0.1, 0.15) is 11.1 Å². The van der Waals surface area contributed by atoms with Gasteiger partial charge in [0.05, 0.1) is 12.1 Å². The molecule has 0 saturated carbocycles. The molecule has 3 aromatic carbocycles. The van der Waals surface area contributed by atoms with Crippen molar-refractivity contribution in [3.8, 4) is 23.0 Å². The van der Waals surface area contributed by atoms with Crippen LogP contribution in [0.15, 0.2) is 54.6 Å². The monoisotopic (exact) mass is 445 g/mol. The summed E-state index contributed by atoms with van der Waals surface area (Å²) < 4.78 is 22.6. The van der Waals surface area contributed by atoms with Crippen LogP contribution < -0.4 is 24.3 Å². The standard InChI is InChI=1S/C23H21Cl2NO4/c1-27-22-11-16(13-26-18-5-6-20-21(12-18)29-8-7-28-20)10-19(25)23(22)30-14-15-3-2-4-17(24)9-15/h2-6,9-12,26H,7-8,13-14H2,1H3. The molecule has 0 aliphatic carbocycles. The van der Waals surface area contributed by atoms with E-state index in [2.05, 4.69) is 5.32 Å². The molecule has 4 rings (SSSR count). The Kier molecular flexibility index (Phi) is 6.41. The molecule has 0 bridgehead atoms. The fourth-order valence-electron chi connectivity index (χ4n) is 3.16. The summed E-state index contributed by atoms with van der Waals surface area (Å²) in [5.41, 5.74) is 2.84. The Morgan fingerprint density at radius 1 is 0.933 bits per heavy atom. The average Bonchev–Trinajstić information content (AvgIpc) is 2.76. The van der Waals surface area contributed by atoms with E-state index < -0.39 is 0 Å². The van der Waals surface area contributed by atoms with E-state index in [1.54, 1.807) is 7.11 Å². The minimum absolute atomic E-state index is 0.339. The number of methoxy groups -OCH3 is 1. The van der Waals surface area contributed by atoms with Gasteiger partial charge in [0, 0.05) is 23.3 Å². The van der Waals surface area contributed by atoms with E-state index in [-0.39, 0.29) is 0 Å². The summed E-state index contributed by atoms with van der Waals surface area (Å²) in [5, 5.41) is 4.51. The van der Waals surface area contributed by atoms with Crippen LogP contribution >= 0.6 is 23.2 Å². The van der Waals surface area contributed by atoms with Gasteiger partial charge in [0.15, 0.2) is 23.0 Å². The van der Waals surface area contributed by atoms with Crippen molar-refractivity contribution in [3.63, 3.8) is 0 Å². The SMILES string of the molecule is COc1cc(CNc2ccc3c(c2)OCCO3)cc(Cl)c1OCc1cccc(Cl)c1. The molecule has 0 atom stereocenters. The topological polar surface area (TPSA) is 49.0 Å². The van der Waals surface area contributed by atoms with Crippen LogP contribution in [0, 0.1) is 0 Å². The molecule has 5 nitrogen and oxygen atoms in total. The third-order valence-electron chi connectivity index (χ3n) is 4.60. The fourth-order valence-corrected chi connectivity index (χ4v) is 3.66. The number of benzene rings is 3. The molecule has 1 aliphatic heterocycles. The summed E-state index contributed by atoms with van der Waals surface area (Å²) in [6, 6.07) is 17.1. The number of halogens is 2. The molecule has 156 valence electrons. The Morgan fingerprint density at radius 2 is 1.77 bits per heavy atom. The van der Waals surface area contributed by atoms with Crippen LogP contribution in [0.4, 0.5) is 5.69 Å². The minimum Gasteiger partial charge on any atom is -0.493 e. The van der Waals surface area contributed by atoms with Crippen LogP contribution in [0.3, 0.4) is 0 Å². The van der Waals surface area contributed by atoms with Gasteiger partial charge in [0.1, 0.15) is 19.8 Å². The number of fused-ring (bicyclic) bond motifs is 1. The van der Waals surface area contributed by atoms with Crippen molar-refractivity contribution in [1.29, 1.82) is 0 Å². The van der Waals surface area contributed by atoms with E-state index in [0.717, 1.165) is 28.3 Å². The van der Waals surface area contributed by atoms with Crippen molar-refractivity contribution in [2.75, 3.05) is 25.6 Å². The molecule has 0 aromatic heterocycles. The Bertz CT molecular complexity index is 1040. The first kappa shape index (κ1) is 20.5. The molecular formula is C23H21Cl2NO4. The van der Waals surface area contributed by atoms with Crippen LogP contribution in [-0.4, -0.2) is 20.3 Å². The highest BCUT2D eigenvalue weighted by Gasteiger charge is 2.14. The van der Waals surface area contributed by atoms with Crippen LogP contribution in [0.5, 0.6) is 23.0 Å². The van der Waals surface area contributed by atoms with Gasteiger partial charge in [-0.15, -0.1) is 0 Å². The maximum atomic E-state index is 6.49. The summed E-state index contributed by atoms with van der Waals surface area (Å²) in [5.74, 6) is 2.58. The molecule has 30 heavy (non-hydrogen) atoms. The molecule has 0 unspecified atom stereocenters. The molecule has 3 aromatic rings. The maximum Gasteiger partial charge on any atom is 0.180 e. The summed E-state index contributed by atoms with van der Waals surface area (Å²) in [6.45, 7) is 2.03. The molecule has 0 fully saturated rings. The normalized spacial score (nSPS) is 12.4. The second-order valence-corrected chi connectivity index (χ2v) is 7.58. The smallest absolute Gasteiger partial charge is 0.180 e. The van der Waals surface area contributed by atoms with Crippen LogP contribution in [0.25, 0.3) is 0 Å². The summed E-state index contributed by atoms with van der Waals surface area (Å²) >= 11 is 12.5. The lowest BCUT2D eigenvalue weighted by atomic mass is 10.2. The van der Waals surface area contributed by atoms with E-state index in [9.17, 15) is 0 Å². The van der Waals surface area contributed by atoms with Gasteiger partial charge in [-0.2, -0.15) is 0 Å². The number of hydrogen-bond donors (Lipinski definition) is 1. The maximum absolute atomic E-state index is 6.49. The van der Waals surface area contributed by atoms with Crippen molar-refractivity contribution < 1.29 is 18.9 Å². The van der Waals surface area contributed by atoms with E-state index in [4.69, 9.17) is 42.1 Å². The molecular weight excluding hydrogens is 425 g/mol. The van der Waals surface area contributed by atoms with Gasteiger partial charge >= 0.3 is 0 Å². The number of anilines is 1. The first-order valence-electron chi connectivity index (χ1n) is 9.49. The summed E-state index contributed by atoms with van der Waals surface area (Å²) in [7, 11) is 1.59. The molecule has 1 aliphatic rings. The predicted octanol–water partition coefficient (Wildman–Crippen LogP) is 5.96. The van der Waals surface area contributed by atoms with Crippen molar-refractivity contribution in [3.05, 3.63) is 75.8 Å².